The molecule has 0 amide bonds. The van der Waals surface area contributed by atoms with Crippen LogP contribution in [0.1, 0.15) is 187 Å². The molecular formula is C48H86NO7+. The molecule has 0 aliphatic rings. The van der Waals surface area contributed by atoms with Crippen LogP contribution in [0.3, 0.4) is 0 Å². The standard InChI is InChI=1S/C48H85NO7/c1-6-8-10-12-14-16-17-18-19-20-21-22-23-24-25-26-27-28-29-31-32-34-36-38-46(50)55-43-44(42-54-41-40-45(48(52)53)49(3,4)5)56-47(51)39-37-35-33-30-15-13-11-9-7-2/h9,11,15,21-22,24-25,30,44-45H,6-8,10,12-14,16-20,23,26-29,31-43H2,1-5H3/p+1/b11-9+,22-21+,25-24+,30-15+. The number of hydrogen-bond acceptors (Lipinski definition) is 6. The van der Waals surface area contributed by atoms with E-state index in [1.54, 1.807) is 0 Å². The Balaban J connectivity index is 4.20. The molecule has 0 aromatic carbocycles. The molecule has 0 aromatic rings. The second-order valence-corrected chi connectivity index (χ2v) is 16.3. The van der Waals surface area contributed by atoms with Crippen LogP contribution < -0.4 is 0 Å². The highest BCUT2D eigenvalue weighted by molar-refractivity contribution is 5.72. The van der Waals surface area contributed by atoms with Gasteiger partial charge in [0.25, 0.3) is 0 Å². The van der Waals surface area contributed by atoms with E-state index in [0.29, 0.717) is 19.3 Å². The molecule has 0 aliphatic carbocycles. The summed E-state index contributed by atoms with van der Waals surface area (Å²) < 4.78 is 17.2. The van der Waals surface area contributed by atoms with Gasteiger partial charge in [-0.15, -0.1) is 0 Å². The molecule has 324 valence electrons. The van der Waals surface area contributed by atoms with Gasteiger partial charge in [0.15, 0.2) is 12.1 Å². The highest BCUT2D eigenvalue weighted by atomic mass is 16.6. The van der Waals surface area contributed by atoms with Crippen LogP contribution in [0.2, 0.25) is 0 Å². The lowest BCUT2D eigenvalue weighted by Crippen LogP contribution is -2.50. The molecule has 0 bridgehead atoms. The molecule has 8 heteroatoms. The highest BCUT2D eigenvalue weighted by Crippen LogP contribution is 2.14. The minimum absolute atomic E-state index is 0.0444. The summed E-state index contributed by atoms with van der Waals surface area (Å²) in [6.07, 6.45) is 46.1. The smallest absolute Gasteiger partial charge is 0.362 e. The highest BCUT2D eigenvalue weighted by Gasteiger charge is 2.31. The number of unbranched alkanes of at least 4 members (excludes halogenated alkanes) is 18. The van der Waals surface area contributed by atoms with Crippen molar-refractivity contribution in [2.24, 2.45) is 0 Å². The van der Waals surface area contributed by atoms with E-state index in [9.17, 15) is 19.5 Å². The van der Waals surface area contributed by atoms with Gasteiger partial charge in [0.2, 0.25) is 0 Å². The number of likely N-dealkylation sites (N-methyl/N-ethyl adjacent to an activating group) is 1. The van der Waals surface area contributed by atoms with Gasteiger partial charge in [-0.3, -0.25) is 9.59 Å². The van der Waals surface area contributed by atoms with Gasteiger partial charge in [-0.1, -0.05) is 146 Å². The normalized spacial score (nSPS) is 13.4. The van der Waals surface area contributed by atoms with Crippen LogP contribution in [-0.2, 0) is 28.6 Å². The number of hydrogen-bond donors (Lipinski definition) is 1. The van der Waals surface area contributed by atoms with E-state index >= 15 is 0 Å². The minimum atomic E-state index is -0.883. The summed E-state index contributed by atoms with van der Waals surface area (Å²) in [6, 6.07) is -0.621. The zero-order chi connectivity index (χ0) is 41.4. The first-order valence-corrected chi connectivity index (χ1v) is 22.7. The van der Waals surface area contributed by atoms with E-state index in [1.165, 1.54) is 89.9 Å². The van der Waals surface area contributed by atoms with Crippen LogP contribution in [0.4, 0.5) is 0 Å². The SMILES string of the molecule is CC/C=C/C/C=C/CCCCC(=O)OC(COCCC(C(=O)O)[N+](C)(C)C)COC(=O)CCCCCCCCC/C=C/C/C=C/CCCCCCCCCCC. The molecular weight excluding hydrogens is 703 g/mol. The number of rotatable bonds is 40. The minimum Gasteiger partial charge on any atom is -0.477 e. The van der Waals surface area contributed by atoms with Crippen LogP contribution in [-0.4, -0.2) is 80.6 Å². The third kappa shape index (κ3) is 36.9. The molecule has 8 nitrogen and oxygen atoms in total. The number of carboxylic acid groups (broad SMARTS) is 1. The molecule has 1 N–H and O–H groups in total. The van der Waals surface area contributed by atoms with Crippen molar-refractivity contribution in [3.8, 4) is 0 Å². The average Bonchev–Trinajstić information content (AvgIpc) is 3.15. The first-order chi connectivity index (χ1) is 27.1. The summed E-state index contributed by atoms with van der Waals surface area (Å²) >= 11 is 0. The van der Waals surface area contributed by atoms with Crippen LogP contribution in [0.5, 0.6) is 0 Å². The number of carboxylic acids is 1. The van der Waals surface area contributed by atoms with Gasteiger partial charge in [-0.2, -0.15) is 0 Å². The van der Waals surface area contributed by atoms with E-state index in [2.05, 4.69) is 62.5 Å². The Morgan fingerprint density at radius 2 is 1.00 bits per heavy atom. The largest absolute Gasteiger partial charge is 0.477 e. The van der Waals surface area contributed by atoms with Crippen LogP contribution in [0.25, 0.3) is 0 Å². The molecule has 0 fully saturated rings. The number of carbonyl (C=O) groups is 3. The number of aliphatic carboxylic acids is 1. The van der Waals surface area contributed by atoms with Crippen molar-refractivity contribution in [1.82, 2.24) is 0 Å². The number of esters is 2. The van der Waals surface area contributed by atoms with E-state index < -0.39 is 18.1 Å². The predicted molar refractivity (Wildman–Crippen MR) is 234 cm³/mol. The van der Waals surface area contributed by atoms with Crippen molar-refractivity contribution in [3.05, 3.63) is 48.6 Å². The zero-order valence-electron chi connectivity index (χ0n) is 36.8. The number of ether oxygens (including phenoxy) is 3. The Kier molecular flexibility index (Phi) is 37.2. The maximum Gasteiger partial charge on any atom is 0.362 e. The van der Waals surface area contributed by atoms with Crippen LogP contribution in [0, 0.1) is 0 Å². The van der Waals surface area contributed by atoms with E-state index in [1.807, 2.05) is 21.1 Å². The van der Waals surface area contributed by atoms with Gasteiger partial charge in [0, 0.05) is 19.3 Å². The summed E-state index contributed by atoms with van der Waals surface area (Å²) in [5, 5.41) is 9.60. The zero-order valence-corrected chi connectivity index (χ0v) is 36.8. The summed E-state index contributed by atoms with van der Waals surface area (Å²) in [5.74, 6) is -1.53. The van der Waals surface area contributed by atoms with Crippen molar-refractivity contribution in [1.29, 1.82) is 0 Å². The van der Waals surface area contributed by atoms with Gasteiger partial charge in [0.1, 0.15) is 6.61 Å². The molecule has 2 unspecified atom stereocenters. The first kappa shape index (κ1) is 53.3. The molecule has 56 heavy (non-hydrogen) atoms. The fraction of sp³-hybridized carbons (Fsp3) is 0.771. The third-order valence-electron chi connectivity index (χ3n) is 9.96. The van der Waals surface area contributed by atoms with Crippen molar-refractivity contribution >= 4 is 17.9 Å². The Labute approximate surface area is 344 Å². The lowest BCUT2D eigenvalue weighted by atomic mass is 10.1. The van der Waals surface area contributed by atoms with Crippen LogP contribution in [0.15, 0.2) is 48.6 Å². The Morgan fingerprint density at radius 3 is 1.50 bits per heavy atom. The van der Waals surface area contributed by atoms with E-state index in [0.717, 1.165) is 57.8 Å². The Bertz CT molecular complexity index is 1060. The lowest BCUT2D eigenvalue weighted by Gasteiger charge is -2.31. The molecule has 0 aliphatic heterocycles. The molecule has 0 rings (SSSR count). The molecule has 0 aromatic heterocycles. The number of quaternary nitrogens is 1. The van der Waals surface area contributed by atoms with Crippen LogP contribution >= 0.6 is 0 Å². The number of nitrogens with zero attached hydrogens (tertiary/aromatic N) is 1. The summed E-state index contributed by atoms with van der Waals surface area (Å²) in [6.45, 7) is 4.56. The monoisotopic (exact) mass is 789 g/mol. The predicted octanol–water partition coefficient (Wildman–Crippen LogP) is 12.4. The van der Waals surface area contributed by atoms with Crippen molar-refractivity contribution in [3.63, 3.8) is 0 Å². The second kappa shape index (κ2) is 39.1. The summed E-state index contributed by atoms with van der Waals surface area (Å²) in [7, 11) is 5.50. The van der Waals surface area contributed by atoms with E-state index in [4.69, 9.17) is 14.2 Å². The number of allylic oxidation sites excluding steroid dienone is 8. The quantitative estimate of drug-likeness (QED) is 0.0286. The lowest BCUT2D eigenvalue weighted by molar-refractivity contribution is -0.887. The van der Waals surface area contributed by atoms with Gasteiger partial charge < -0.3 is 23.8 Å². The van der Waals surface area contributed by atoms with E-state index in [-0.39, 0.29) is 42.7 Å². The van der Waals surface area contributed by atoms with Crippen molar-refractivity contribution in [2.75, 3.05) is 41.0 Å². The molecule has 0 heterocycles. The second-order valence-electron chi connectivity index (χ2n) is 16.3. The molecule has 0 spiro atoms. The van der Waals surface area contributed by atoms with Crippen molar-refractivity contribution in [2.45, 2.75) is 199 Å². The van der Waals surface area contributed by atoms with Gasteiger partial charge in [-0.25, -0.2) is 4.79 Å². The number of carbonyl (C=O) groups excluding carboxylic acids is 2. The molecule has 2 atom stereocenters. The Morgan fingerprint density at radius 1 is 0.554 bits per heavy atom. The van der Waals surface area contributed by atoms with Crippen molar-refractivity contribution < 1.29 is 38.2 Å². The summed E-state index contributed by atoms with van der Waals surface area (Å²) in [5.41, 5.74) is 0. The molecule has 0 saturated heterocycles. The first-order valence-electron chi connectivity index (χ1n) is 22.7. The fourth-order valence-corrected chi connectivity index (χ4v) is 6.45. The maximum absolute atomic E-state index is 12.6. The molecule has 0 radical (unpaired) electrons. The maximum atomic E-state index is 12.6. The molecule has 0 saturated carbocycles. The Hall–Kier alpha value is -2.71. The van der Waals surface area contributed by atoms with Gasteiger partial charge >= 0.3 is 17.9 Å². The fourth-order valence-electron chi connectivity index (χ4n) is 6.45. The third-order valence-corrected chi connectivity index (χ3v) is 9.96. The summed E-state index contributed by atoms with van der Waals surface area (Å²) in [4.78, 5) is 36.8. The topological polar surface area (TPSA) is 99.1 Å². The average molecular weight is 789 g/mol. The van der Waals surface area contributed by atoms with Gasteiger partial charge in [-0.05, 0) is 70.6 Å². The van der Waals surface area contributed by atoms with Gasteiger partial charge in [0.05, 0.1) is 34.4 Å².